The molecule has 114 valence electrons. The topological polar surface area (TPSA) is 51.6 Å². The van der Waals surface area contributed by atoms with Crippen molar-refractivity contribution >= 4 is 11.3 Å². The van der Waals surface area contributed by atoms with Crippen LogP contribution in [0.5, 0.6) is 11.5 Å². The second-order valence-electron chi connectivity index (χ2n) is 5.80. The van der Waals surface area contributed by atoms with Crippen molar-refractivity contribution in [3.63, 3.8) is 0 Å². The molecule has 4 nitrogen and oxygen atoms in total. The van der Waals surface area contributed by atoms with Crippen molar-refractivity contribution in [2.75, 3.05) is 7.11 Å². The summed E-state index contributed by atoms with van der Waals surface area (Å²) in [7, 11) is 1.61. The SMILES string of the molecule is COc1ccc(CO)c(OCc2nc(C(C)(C)C)cs2)c1. The summed E-state index contributed by atoms with van der Waals surface area (Å²) in [5.74, 6) is 1.33. The van der Waals surface area contributed by atoms with E-state index in [1.807, 2.05) is 0 Å². The van der Waals surface area contributed by atoms with E-state index in [0.29, 0.717) is 18.1 Å². The molecule has 1 heterocycles. The lowest BCUT2D eigenvalue weighted by Crippen LogP contribution is -2.11. The Hall–Kier alpha value is -1.59. The number of aliphatic hydroxyl groups excluding tert-OH is 1. The Balaban J connectivity index is 2.10. The smallest absolute Gasteiger partial charge is 0.140 e. The summed E-state index contributed by atoms with van der Waals surface area (Å²) in [6.45, 7) is 6.74. The lowest BCUT2D eigenvalue weighted by Gasteiger charge is -2.14. The van der Waals surface area contributed by atoms with E-state index in [1.165, 1.54) is 0 Å². The lowest BCUT2D eigenvalue weighted by molar-refractivity contribution is 0.257. The van der Waals surface area contributed by atoms with Crippen molar-refractivity contribution in [3.8, 4) is 11.5 Å². The molecule has 2 aromatic rings. The first-order chi connectivity index (χ1) is 9.94. The molecular formula is C16H21NO3S. The van der Waals surface area contributed by atoms with Crippen molar-refractivity contribution in [1.82, 2.24) is 4.98 Å². The van der Waals surface area contributed by atoms with E-state index >= 15 is 0 Å². The van der Waals surface area contributed by atoms with Gasteiger partial charge in [-0.05, 0) is 12.1 Å². The quantitative estimate of drug-likeness (QED) is 0.918. The number of benzene rings is 1. The molecule has 0 aliphatic carbocycles. The Kier molecular flexibility index (Phi) is 4.85. The van der Waals surface area contributed by atoms with Gasteiger partial charge in [-0.15, -0.1) is 11.3 Å². The molecule has 0 spiro atoms. The predicted octanol–water partition coefficient (Wildman–Crippen LogP) is 3.52. The first-order valence-corrected chi connectivity index (χ1v) is 7.67. The van der Waals surface area contributed by atoms with Gasteiger partial charge >= 0.3 is 0 Å². The van der Waals surface area contributed by atoms with Gasteiger partial charge in [0.2, 0.25) is 0 Å². The molecule has 0 bridgehead atoms. The van der Waals surface area contributed by atoms with Crippen molar-refractivity contribution in [3.05, 3.63) is 39.8 Å². The van der Waals surface area contributed by atoms with Crippen molar-refractivity contribution in [2.24, 2.45) is 0 Å². The number of aromatic nitrogens is 1. The van der Waals surface area contributed by atoms with Crippen LogP contribution in [0.25, 0.3) is 0 Å². The van der Waals surface area contributed by atoms with E-state index in [4.69, 9.17) is 9.47 Å². The normalized spacial score (nSPS) is 11.5. The summed E-state index contributed by atoms with van der Waals surface area (Å²) >= 11 is 1.59. The molecule has 1 aromatic carbocycles. The average Bonchev–Trinajstić information content (AvgIpc) is 2.93. The average molecular weight is 307 g/mol. The minimum absolute atomic E-state index is 0.0426. The predicted molar refractivity (Wildman–Crippen MR) is 84.1 cm³/mol. The maximum atomic E-state index is 9.36. The highest BCUT2D eigenvalue weighted by Crippen LogP contribution is 2.27. The second kappa shape index (κ2) is 6.45. The zero-order valence-electron chi connectivity index (χ0n) is 12.8. The van der Waals surface area contributed by atoms with E-state index < -0.39 is 0 Å². The fourth-order valence-electron chi connectivity index (χ4n) is 1.79. The van der Waals surface area contributed by atoms with Gasteiger partial charge in [0.1, 0.15) is 23.1 Å². The van der Waals surface area contributed by atoms with Crippen LogP contribution in [-0.4, -0.2) is 17.2 Å². The Labute approximate surface area is 129 Å². The third-order valence-electron chi connectivity index (χ3n) is 3.12. The van der Waals surface area contributed by atoms with Gasteiger partial charge in [0.25, 0.3) is 0 Å². The Bertz CT molecular complexity index is 602. The molecule has 0 aliphatic rings. The Morgan fingerprint density at radius 1 is 1.29 bits per heavy atom. The van der Waals surface area contributed by atoms with E-state index in [-0.39, 0.29) is 12.0 Å². The van der Waals surface area contributed by atoms with Gasteiger partial charge in [-0.3, -0.25) is 0 Å². The number of rotatable bonds is 5. The third-order valence-corrected chi connectivity index (χ3v) is 3.94. The fraction of sp³-hybridized carbons (Fsp3) is 0.438. The summed E-state index contributed by atoms with van der Waals surface area (Å²) in [6, 6.07) is 5.39. The summed E-state index contributed by atoms with van der Waals surface area (Å²) < 4.78 is 11.0. The van der Waals surface area contributed by atoms with Gasteiger partial charge in [-0.1, -0.05) is 20.8 Å². The van der Waals surface area contributed by atoms with E-state index in [0.717, 1.165) is 16.3 Å². The maximum Gasteiger partial charge on any atom is 0.140 e. The summed E-state index contributed by atoms with van der Waals surface area (Å²) in [4.78, 5) is 4.59. The lowest BCUT2D eigenvalue weighted by atomic mass is 9.93. The zero-order chi connectivity index (χ0) is 15.5. The molecule has 1 N–H and O–H groups in total. The second-order valence-corrected chi connectivity index (χ2v) is 6.74. The number of nitrogens with zero attached hydrogens (tertiary/aromatic N) is 1. The standard InChI is InChI=1S/C16H21NO3S/c1-16(2,3)14-10-21-15(17-14)9-20-13-7-12(19-4)6-5-11(13)8-18/h5-7,10,18H,8-9H2,1-4H3. The highest BCUT2D eigenvalue weighted by molar-refractivity contribution is 7.09. The maximum absolute atomic E-state index is 9.36. The number of methoxy groups -OCH3 is 1. The van der Waals surface area contributed by atoms with Gasteiger partial charge in [0, 0.05) is 22.4 Å². The van der Waals surface area contributed by atoms with Crippen molar-refractivity contribution in [1.29, 1.82) is 0 Å². The number of ether oxygens (including phenoxy) is 2. The number of aliphatic hydroxyl groups is 1. The van der Waals surface area contributed by atoms with E-state index in [1.54, 1.807) is 36.6 Å². The molecule has 0 amide bonds. The van der Waals surface area contributed by atoms with Crippen LogP contribution < -0.4 is 9.47 Å². The molecule has 1 aromatic heterocycles. The Morgan fingerprint density at radius 2 is 2.05 bits per heavy atom. The van der Waals surface area contributed by atoms with E-state index in [9.17, 15) is 5.11 Å². The minimum atomic E-state index is -0.0650. The van der Waals surface area contributed by atoms with Crippen LogP contribution in [0.1, 0.15) is 37.0 Å². The first-order valence-electron chi connectivity index (χ1n) is 6.79. The fourth-order valence-corrected chi connectivity index (χ4v) is 2.72. The van der Waals surface area contributed by atoms with Crippen LogP contribution >= 0.6 is 11.3 Å². The number of hydrogen-bond acceptors (Lipinski definition) is 5. The van der Waals surface area contributed by atoms with E-state index in [2.05, 4.69) is 31.1 Å². The largest absolute Gasteiger partial charge is 0.497 e. The molecular weight excluding hydrogens is 286 g/mol. The van der Waals surface area contributed by atoms with Gasteiger partial charge < -0.3 is 14.6 Å². The monoisotopic (exact) mass is 307 g/mol. The van der Waals surface area contributed by atoms with Gasteiger partial charge in [0.15, 0.2) is 0 Å². The zero-order valence-corrected chi connectivity index (χ0v) is 13.7. The summed E-state index contributed by atoms with van der Waals surface area (Å²) in [6.07, 6.45) is 0. The molecule has 0 saturated heterocycles. The van der Waals surface area contributed by atoms with Crippen LogP contribution in [-0.2, 0) is 18.6 Å². The molecule has 0 atom stereocenters. The Morgan fingerprint density at radius 3 is 2.62 bits per heavy atom. The summed E-state index contributed by atoms with van der Waals surface area (Å²) in [5, 5.41) is 12.3. The molecule has 0 fully saturated rings. The molecule has 0 radical (unpaired) electrons. The molecule has 0 unspecified atom stereocenters. The van der Waals surface area contributed by atoms with Crippen LogP contribution in [0, 0.1) is 0 Å². The molecule has 5 heteroatoms. The van der Waals surface area contributed by atoms with Crippen LogP contribution in [0.3, 0.4) is 0 Å². The van der Waals surface area contributed by atoms with Crippen molar-refractivity contribution < 1.29 is 14.6 Å². The summed E-state index contributed by atoms with van der Waals surface area (Å²) in [5.41, 5.74) is 1.85. The molecule has 21 heavy (non-hydrogen) atoms. The molecule has 0 aliphatic heterocycles. The third kappa shape index (κ3) is 3.95. The van der Waals surface area contributed by atoms with Crippen LogP contribution in [0.4, 0.5) is 0 Å². The first kappa shape index (κ1) is 15.8. The van der Waals surface area contributed by atoms with Gasteiger partial charge in [0.05, 0.1) is 19.4 Å². The highest BCUT2D eigenvalue weighted by Gasteiger charge is 2.17. The van der Waals surface area contributed by atoms with Crippen LogP contribution in [0.15, 0.2) is 23.6 Å². The van der Waals surface area contributed by atoms with Gasteiger partial charge in [-0.2, -0.15) is 0 Å². The highest BCUT2D eigenvalue weighted by atomic mass is 32.1. The molecule has 2 rings (SSSR count). The number of thiazole rings is 1. The van der Waals surface area contributed by atoms with Gasteiger partial charge in [-0.25, -0.2) is 4.98 Å². The molecule has 0 saturated carbocycles. The van der Waals surface area contributed by atoms with Crippen LogP contribution in [0.2, 0.25) is 0 Å². The minimum Gasteiger partial charge on any atom is -0.497 e. The van der Waals surface area contributed by atoms with Crippen molar-refractivity contribution in [2.45, 2.75) is 39.4 Å². The number of hydrogen-bond donors (Lipinski definition) is 1.